The molecule has 0 amide bonds. The van der Waals surface area contributed by atoms with Crippen molar-refractivity contribution in [1.29, 1.82) is 0 Å². The lowest BCUT2D eigenvalue weighted by atomic mass is 10.0. The highest BCUT2D eigenvalue weighted by molar-refractivity contribution is 5.94. The fraction of sp³-hybridized carbons (Fsp3) is 0.125. The normalized spacial score (nSPS) is 16.1. The van der Waals surface area contributed by atoms with Crippen molar-refractivity contribution < 1.29 is 23.9 Å². The van der Waals surface area contributed by atoms with Crippen LogP contribution in [0.25, 0.3) is 22.2 Å². The Hall–Kier alpha value is -3.02. The molecule has 1 aliphatic rings. The van der Waals surface area contributed by atoms with Gasteiger partial charge in [-0.3, -0.25) is 0 Å². The minimum absolute atomic E-state index is 0.340. The molecule has 0 radical (unpaired) electrons. The SMILES string of the molecule is Cc1ccccc1-c1noc2cc3c(cc12)OC(C(=O)O)O3. The van der Waals surface area contributed by atoms with Gasteiger partial charge in [0, 0.05) is 11.6 Å². The minimum atomic E-state index is -1.32. The number of hydrogen-bond donors (Lipinski definition) is 1. The Morgan fingerprint density at radius 3 is 2.64 bits per heavy atom. The van der Waals surface area contributed by atoms with E-state index in [9.17, 15) is 4.79 Å². The van der Waals surface area contributed by atoms with Gasteiger partial charge in [0.25, 0.3) is 0 Å². The number of aryl methyl sites for hydroxylation is 1. The van der Waals surface area contributed by atoms with Gasteiger partial charge in [-0.05, 0) is 18.6 Å². The molecule has 1 atom stereocenters. The molecule has 1 aromatic heterocycles. The quantitative estimate of drug-likeness (QED) is 0.783. The van der Waals surface area contributed by atoms with Gasteiger partial charge < -0.3 is 19.1 Å². The van der Waals surface area contributed by atoms with Crippen molar-refractivity contribution in [3.05, 3.63) is 42.0 Å². The molecule has 4 rings (SSSR count). The molecule has 1 aliphatic heterocycles. The van der Waals surface area contributed by atoms with Gasteiger partial charge >= 0.3 is 12.3 Å². The zero-order chi connectivity index (χ0) is 15.3. The molecule has 6 heteroatoms. The molecule has 22 heavy (non-hydrogen) atoms. The number of carboxylic acid groups (broad SMARTS) is 1. The Labute approximate surface area is 124 Å². The smallest absolute Gasteiger partial charge is 0.387 e. The van der Waals surface area contributed by atoms with Gasteiger partial charge in [0.2, 0.25) is 0 Å². The standard InChI is InChI=1S/C16H11NO5/c1-8-4-2-3-5-9(8)14-10-6-12-13(7-11(10)22-17-14)21-16(20-12)15(18)19/h2-7,16H,1H3,(H,18,19). The summed E-state index contributed by atoms with van der Waals surface area (Å²) in [6, 6.07) is 11.1. The third-order valence-electron chi connectivity index (χ3n) is 3.61. The number of carbonyl (C=O) groups is 1. The average Bonchev–Trinajstić information content (AvgIpc) is 3.08. The molecule has 1 N–H and O–H groups in total. The minimum Gasteiger partial charge on any atom is -0.476 e. The van der Waals surface area contributed by atoms with Crippen LogP contribution in [0.3, 0.4) is 0 Å². The van der Waals surface area contributed by atoms with Crippen molar-refractivity contribution in [1.82, 2.24) is 5.16 Å². The average molecular weight is 297 g/mol. The van der Waals surface area contributed by atoms with E-state index in [1.54, 1.807) is 12.1 Å². The Kier molecular flexibility index (Phi) is 2.59. The summed E-state index contributed by atoms with van der Waals surface area (Å²) in [5.41, 5.74) is 3.23. The molecule has 3 aromatic rings. The summed E-state index contributed by atoms with van der Waals surface area (Å²) in [7, 11) is 0. The number of aliphatic carboxylic acids is 1. The zero-order valence-corrected chi connectivity index (χ0v) is 11.6. The third kappa shape index (κ3) is 1.81. The fourth-order valence-electron chi connectivity index (χ4n) is 2.52. The lowest BCUT2D eigenvalue weighted by Crippen LogP contribution is -2.28. The van der Waals surface area contributed by atoms with Crippen LogP contribution in [0, 0.1) is 6.92 Å². The van der Waals surface area contributed by atoms with E-state index in [2.05, 4.69) is 5.16 Å². The Bertz CT molecular complexity index is 899. The van der Waals surface area contributed by atoms with Gasteiger partial charge in [-0.1, -0.05) is 29.4 Å². The fourth-order valence-corrected chi connectivity index (χ4v) is 2.52. The molecule has 0 saturated carbocycles. The number of rotatable bonds is 2. The van der Waals surface area contributed by atoms with E-state index in [0.29, 0.717) is 22.8 Å². The van der Waals surface area contributed by atoms with E-state index in [-0.39, 0.29) is 0 Å². The van der Waals surface area contributed by atoms with Crippen LogP contribution in [-0.2, 0) is 4.79 Å². The summed E-state index contributed by atoms with van der Waals surface area (Å²) in [5.74, 6) is -0.463. The molecule has 110 valence electrons. The van der Waals surface area contributed by atoms with Crippen LogP contribution in [0.15, 0.2) is 40.9 Å². The number of hydrogen-bond acceptors (Lipinski definition) is 5. The van der Waals surface area contributed by atoms with Gasteiger partial charge in [-0.15, -0.1) is 0 Å². The number of benzene rings is 2. The summed E-state index contributed by atoms with van der Waals surface area (Å²) in [5, 5.41) is 13.8. The second kappa shape index (κ2) is 4.49. The first kappa shape index (κ1) is 12.7. The molecule has 0 spiro atoms. The van der Waals surface area contributed by atoms with Crippen molar-refractivity contribution in [2.75, 3.05) is 0 Å². The zero-order valence-electron chi connectivity index (χ0n) is 11.6. The highest BCUT2D eigenvalue weighted by atomic mass is 16.7. The first-order valence-electron chi connectivity index (χ1n) is 6.69. The van der Waals surface area contributed by atoms with Crippen molar-refractivity contribution in [2.24, 2.45) is 0 Å². The maximum Gasteiger partial charge on any atom is 0.387 e. The van der Waals surface area contributed by atoms with Crippen LogP contribution < -0.4 is 9.47 Å². The molecule has 0 bridgehead atoms. The molecule has 0 saturated heterocycles. The number of ether oxygens (including phenoxy) is 2. The second-order valence-corrected chi connectivity index (χ2v) is 5.05. The monoisotopic (exact) mass is 297 g/mol. The van der Waals surface area contributed by atoms with Crippen LogP contribution in [-0.4, -0.2) is 22.5 Å². The highest BCUT2D eigenvalue weighted by Crippen LogP contribution is 2.41. The van der Waals surface area contributed by atoms with E-state index in [4.69, 9.17) is 19.1 Å². The van der Waals surface area contributed by atoms with Gasteiger partial charge in [0.15, 0.2) is 17.1 Å². The lowest BCUT2D eigenvalue weighted by molar-refractivity contribution is -0.154. The molecule has 1 unspecified atom stereocenters. The molecule has 2 aromatic carbocycles. The summed E-state index contributed by atoms with van der Waals surface area (Å²) in [4.78, 5) is 10.9. The Morgan fingerprint density at radius 1 is 1.18 bits per heavy atom. The maximum absolute atomic E-state index is 10.9. The van der Waals surface area contributed by atoms with Gasteiger partial charge in [-0.25, -0.2) is 4.79 Å². The van der Waals surface area contributed by atoms with Crippen molar-refractivity contribution in [2.45, 2.75) is 13.2 Å². The van der Waals surface area contributed by atoms with Crippen molar-refractivity contribution in [3.63, 3.8) is 0 Å². The largest absolute Gasteiger partial charge is 0.476 e. The van der Waals surface area contributed by atoms with Crippen LogP contribution in [0.1, 0.15) is 5.56 Å². The Balaban J connectivity index is 1.86. The van der Waals surface area contributed by atoms with E-state index in [0.717, 1.165) is 16.5 Å². The summed E-state index contributed by atoms with van der Waals surface area (Å²) >= 11 is 0. The molecular weight excluding hydrogens is 286 g/mol. The van der Waals surface area contributed by atoms with Crippen molar-refractivity contribution >= 4 is 16.9 Å². The molecular formula is C16H11NO5. The molecule has 0 aliphatic carbocycles. The van der Waals surface area contributed by atoms with E-state index in [1.807, 2.05) is 31.2 Å². The summed E-state index contributed by atoms with van der Waals surface area (Å²) < 4.78 is 15.8. The predicted octanol–water partition coefficient (Wildman–Crippen LogP) is 2.99. The second-order valence-electron chi connectivity index (χ2n) is 5.05. The maximum atomic E-state index is 10.9. The Morgan fingerprint density at radius 2 is 1.91 bits per heavy atom. The van der Waals surface area contributed by atoms with Gasteiger partial charge in [-0.2, -0.15) is 0 Å². The number of fused-ring (bicyclic) bond motifs is 2. The third-order valence-corrected chi connectivity index (χ3v) is 3.61. The van der Waals surface area contributed by atoms with Crippen LogP contribution in [0.4, 0.5) is 0 Å². The van der Waals surface area contributed by atoms with Gasteiger partial charge in [0.05, 0.1) is 5.39 Å². The summed E-state index contributed by atoms with van der Waals surface area (Å²) in [6.45, 7) is 1.99. The van der Waals surface area contributed by atoms with Crippen LogP contribution in [0.2, 0.25) is 0 Å². The number of aromatic nitrogens is 1. The van der Waals surface area contributed by atoms with Crippen LogP contribution >= 0.6 is 0 Å². The molecule has 0 fully saturated rings. The first-order valence-corrected chi connectivity index (χ1v) is 6.69. The molecule has 6 nitrogen and oxygen atoms in total. The first-order chi connectivity index (χ1) is 10.6. The van der Waals surface area contributed by atoms with Gasteiger partial charge in [0.1, 0.15) is 5.69 Å². The highest BCUT2D eigenvalue weighted by Gasteiger charge is 2.32. The molecule has 2 heterocycles. The van der Waals surface area contributed by atoms with E-state index >= 15 is 0 Å². The predicted molar refractivity (Wildman–Crippen MR) is 76.9 cm³/mol. The lowest BCUT2D eigenvalue weighted by Gasteiger charge is -2.02. The van der Waals surface area contributed by atoms with Crippen molar-refractivity contribution in [3.8, 4) is 22.8 Å². The summed E-state index contributed by atoms with van der Waals surface area (Å²) in [6.07, 6.45) is -1.32. The van der Waals surface area contributed by atoms with E-state index in [1.165, 1.54) is 0 Å². The van der Waals surface area contributed by atoms with E-state index < -0.39 is 12.3 Å². The topological polar surface area (TPSA) is 81.8 Å². The number of nitrogens with zero attached hydrogens (tertiary/aromatic N) is 1. The van der Waals surface area contributed by atoms with Crippen LogP contribution in [0.5, 0.6) is 11.5 Å². The number of carboxylic acids is 1.